The molecule has 2 amide bonds. The van der Waals surface area contributed by atoms with Gasteiger partial charge in [-0.1, -0.05) is 12.1 Å². The van der Waals surface area contributed by atoms with Crippen molar-refractivity contribution in [2.75, 3.05) is 26.2 Å². The van der Waals surface area contributed by atoms with Crippen LogP contribution in [-0.4, -0.2) is 47.8 Å². The predicted octanol–water partition coefficient (Wildman–Crippen LogP) is 2.92. The molecular formula is C22H23FN2O3. The number of piperazine rings is 1. The molecule has 5 nitrogen and oxygen atoms in total. The van der Waals surface area contributed by atoms with Gasteiger partial charge in [-0.3, -0.25) is 9.59 Å². The van der Waals surface area contributed by atoms with Crippen molar-refractivity contribution in [1.82, 2.24) is 9.80 Å². The zero-order valence-electron chi connectivity index (χ0n) is 15.6. The smallest absolute Gasteiger partial charge is 0.233 e. The summed E-state index contributed by atoms with van der Waals surface area (Å²) < 4.78 is 19.0. The highest BCUT2D eigenvalue weighted by Crippen LogP contribution is 2.50. The van der Waals surface area contributed by atoms with Gasteiger partial charge in [0.05, 0.1) is 11.7 Å². The number of benzene rings is 1. The Hall–Kier alpha value is -2.63. The van der Waals surface area contributed by atoms with Crippen molar-refractivity contribution in [3.63, 3.8) is 0 Å². The lowest BCUT2D eigenvalue weighted by molar-refractivity contribution is -0.141. The van der Waals surface area contributed by atoms with E-state index in [9.17, 15) is 14.0 Å². The highest BCUT2D eigenvalue weighted by molar-refractivity contribution is 5.91. The van der Waals surface area contributed by atoms with Crippen molar-refractivity contribution in [2.45, 2.75) is 30.6 Å². The van der Waals surface area contributed by atoms with Gasteiger partial charge in [-0.25, -0.2) is 4.39 Å². The number of amides is 2. The molecule has 1 aliphatic heterocycles. The first-order chi connectivity index (χ1) is 13.6. The van der Waals surface area contributed by atoms with E-state index in [4.69, 9.17) is 4.42 Å². The van der Waals surface area contributed by atoms with Gasteiger partial charge in [-0.2, -0.15) is 0 Å². The van der Waals surface area contributed by atoms with E-state index in [1.54, 1.807) is 12.3 Å². The molecular weight excluding hydrogens is 359 g/mol. The Morgan fingerprint density at radius 2 is 1.79 bits per heavy atom. The van der Waals surface area contributed by atoms with Crippen molar-refractivity contribution >= 4 is 11.8 Å². The molecule has 2 saturated carbocycles. The average molecular weight is 382 g/mol. The first-order valence-corrected chi connectivity index (χ1v) is 9.96. The number of rotatable bonds is 4. The number of carbonyl (C=O) groups excluding carboxylic acids is 2. The molecule has 2 aliphatic carbocycles. The van der Waals surface area contributed by atoms with E-state index in [1.807, 2.05) is 28.0 Å². The molecule has 0 N–H and O–H groups in total. The second kappa shape index (κ2) is 6.47. The number of halogens is 1. The Morgan fingerprint density at radius 3 is 2.43 bits per heavy atom. The van der Waals surface area contributed by atoms with Crippen LogP contribution >= 0.6 is 0 Å². The van der Waals surface area contributed by atoms with Crippen LogP contribution < -0.4 is 0 Å². The van der Waals surface area contributed by atoms with Crippen LogP contribution in [0.4, 0.5) is 4.39 Å². The quantitative estimate of drug-likeness (QED) is 0.817. The van der Waals surface area contributed by atoms with E-state index in [-0.39, 0.29) is 29.5 Å². The zero-order valence-corrected chi connectivity index (χ0v) is 15.6. The third kappa shape index (κ3) is 2.91. The van der Waals surface area contributed by atoms with Gasteiger partial charge >= 0.3 is 0 Å². The summed E-state index contributed by atoms with van der Waals surface area (Å²) >= 11 is 0. The van der Waals surface area contributed by atoms with Gasteiger partial charge in [-0.15, -0.1) is 0 Å². The maximum atomic E-state index is 13.6. The standard InChI is InChI=1S/C22H23FN2O3/c23-16-4-1-3-15(13-16)22(6-7-22)21(27)25-10-8-24(9-11-25)20(26)18-14-17(18)19-5-2-12-28-19/h1-5,12-13,17-18H,6-11,14H2/t17-,18-/m1/s1. The number of furan rings is 1. The van der Waals surface area contributed by atoms with Gasteiger partial charge < -0.3 is 14.2 Å². The predicted molar refractivity (Wildman–Crippen MR) is 100 cm³/mol. The van der Waals surface area contributed by atoms with E-state index in [0.29, 0.717) is 26.2 Å². The van der Waals surface area contributed by atoms with Crippen LogP contribution in [0.5, 0.6) is 0 Å². The molecule has 2 aromatic rings. The molecule has 0 unspecified atom stereocenters. The van der Waals surface area contributed by atoms with Crippen molar-refractivity contribution in [1.29, 1.82) is 0 Å². The Morgan fingerprint density at radius 1 is 1.04 bits per heavy atom. The summed E-state index contributed by atoms with van der Waals surface area (Å²) in [6, 6.07) is 10.2. The van der Waals surface area contributed by atoms with Gasteiger partial charge in [0.2, 0.25) is 11.8 Å². The van der Waals surface area contributed by atoms with Crippen LogP contribution in [0.1, 0.15) is 36.5 Å². The van der Waals surface area contributed by atoms with Gasteiger partial charge in [0.15, 0.2) is 0 Å². The van der Waals surface area contributed by atoms with E-state index < -0.39 is 5.41 Å². The maximum Gasteiger partial charge on any atom is 0.233 e. The first-order valence-electron chi connectivity index (χ1n) is 9.96. The fourth-order valence-electron chi connectivity index (χ4n) is 4.49. The molecule has 0 radical (unpaired) electrons. The van der Waals surface area contributed by atoms with Crippen LogP contribution in [-0.2, 0) is 15.0 Å². The molecule has 146 valence electrons. The number of carbonyl (C=O) groups is 2. The van der Waals surface area contributed by atoms with E-state index in [0.717, 1.165) is 30.6 Å². The average Bonchev–Trinajstić information content (AvgIpc) is 3.64. The molecule has 1 aromatic heterocycles. The molecule has 2 heterocycles. The molecule has 1 aromatic carbocycles. The minimum atomic E-state index is -0.560. The summed E-state index contributed by atoms with van der Waals surface area (Å²) in [6.45, 7) is 2.20. The summed E-state index contributed by atoms with van der Waals surface area (Å²) in [6.07, 6.45) is 4.02. The lowest BCUT2D eigenvalue weighted by atomic mass is 9.94. The topological polar surface area (TPSA) is 53.8 Å². The Kier molecular flexibility index (Phi) is 4.03. The minimum Gasteiger partial charge on any atom is -0.469 e. The van der Waals surface area contributed by atoms with Crippen molar-refractivity contribution in [3.8, 4) is 0 Å². The van der Waals surface area contributed by atoms with Crippen molar-refractivity contribution in [3.05, 3.63) is 59.8 Å². The SMILES string of the molecule is O=C([C@@H]1C[C@H]1c1ccco1)N1CCN(C(=O)C2(c3cccc(F)c3)CC2)CC1. The number of hydrogen-bond acceptors (Lipinski definition) is 3. The van der Waals surface area contributed by atoms with Gasteiger partial charge in [0.25, 0.3) is 0 Å². The first kappa shape index (κ1) is 17.5. The zero-order chi connectivity index (χ0) is 19.3. The third-order valence-corrected chi connectivity index (χ3v) is 6.43. The van der Waals surface area contributed by atoms with Crippen LogP contribution in [0, 0.1) is 11.7 Å². The highest BCUT2D eigenvalue weighted by atomic mass is 19.1. The molecule has 3 aliphatic rings. The summed E-state index contributed by atoms with van der Waals surface area (Å²) in [4.78, 5) is 29.6. The Bertz CT molecular complexity index is 898. The van der Waals surface area contributed by atoms with Gasteiger partial charge in [-0.05, 0) is 49.1 Å². The van der Waals surface area contributed by atoms with Crippen LogP contribution in [0.25, 0.3) is 0 Å². The molecule has 5 rings (SSSR count). The third-order valence-electron chi connectivity index (χ3n) is 6.43. The fourth-order valence-corrected chi connectivity index (χ4v) is 4.49. The Labute approximate surface area is 163 Å². The van der Waals surface area contributed by atoms with E-state index in [2.05, 4.69) is 0 Å². The van der Waals surface area contributed by atoms with Gasteiger partial charge in [0.1, 0.15) is 11.6 Å². The van der Waals surface area contributed by atoms with Crippen LogP contribution in [0.15, 0.2) is 47.1 Å². The lowest BCUT2D eigenvalue weighted by Crippen LogP contribution is -2.53. The highest BCUT2D eigenvalue weighted by Gasteiger charge is 2.54. The Balaban J connectivity index is 1.20. The van der Waals surface area contributed by atoms with E-state index in [1.165, 1.54) is 12.1 Å². The molecule has 28 heavy (non-hydrogen) atoms. The van der Waals surface area contributed by atoms with Crippen molar-refractivity contribution < 1.29 is 18.4 Å². The van der Waals surface area contributed by atoms with Crippen molar-refractivity contribution in [2.24, 2.45) is 5.92 Å². The lowest BCUT2D eigenvalue weighted by Gasteiger charge is -2.37. The summed E-state index contributed by atoms with van der Waals surface area (Å²) in [5.41, 5.74) is 0.213. The molecule has 3 fully saturated rings. The minimum absolute atomic E-state index is 0.00969. The molecule has 2 atom stereocenters. The van der Waals surface area contributed by atoms with Gasteiger partial charge in [0, 0.05) is 38.0 Å². The molecule has 0 bridgehead atoms. The second-order valence-electron chi connectivity index (χ2n) is 8.17. The second-order valence-corrected chi connectivity index (χ2v) is 8.17. The monoisotopic (exact) mass is 382 g/mol. The summed E-state index contributed by atoms with van der Waals surface area (Å²) in [5.74, 6) is 1.03. The van der Waals surface area contributed by atoms with E-state index >= 15 is 0 Å². The fraction of sp³-hybridized carbons (Fsp3) is 0.455. The van der Waals surface area contributed by atoms with Crippen LogP contribution in [0.2, 0.25) is 0 Å². The summed E-state index contributed by atoms with van der Waals surface area (Å²) in [5, 5.41) is 0. The van der Waals surface area contributed by atoms with Crippen LogP contribution in [0.3, 0.4) is 0 Å². The molecule has 0 spiro atoms. The maximum absolute atomic E-state index is 13.6. The number of hydrogen-bond donors (Lipinski definition) is 0. The normalized spacial score (nSPS) is 25.5. The molecule has 1 saturated heterocycles. The largest absolute Gasteiger partial charge is 0.469 e. The number of nitrogens with zero attached hydrogens (tertiary/aromatic N) is 2. The summed E-state index contributed by atoms with van der Waals surface area (Å²) in [7, 11) is 0. The molecule has 6 heteroatoms.